The van der Waals surface area contributed by atoms with Crippen LogP contribution in [0.25, 0.3) is 0 Å². The van der Waals surface area contributed by atoms with Gasteiger partial charge in [0, 0.05) is 25.2 Å². The summed E-state index contributed by atoms with van der Waals surface area (Å²) in [5.41, 5.74) is 0.796. The van der Waals surface area contributed by atoms with E-state index in [1.54, 1.807) is 0 Å². The second kappa shape index (κ2) is 7.67. The van der Waals surface area contributed by atoms with Crippen molar-refractivity contribution in [2.45, 2.75) is 37.6 Å². The van der Waals surface area contributed by atoms with Crippen LogP contribution in [0.1, 0.15) is 32.1 Å². The van der Waals surface area contributed by atoms with E-state index in [0.29, 0.717) is 11.8 Å². The van der Waals surface area contributed by atoms with Gasteiger partial charge in [0.05, 0.1) is 0 Å². The summed E-state index contributed by atoms with van der Waals surface area (Å²) in [6.07, 6.45) is 16.0. The molecule has 3 rings (SSSR count). The quantitative estimate of drug-likeness (QED) is 0.569. The zero-order chi connectivity index (χ0) is 16.2. The molecule has 0 spiro atoms. The third-order valence-corrected chi connectivity index (χ3v) is 5.81. The molecule has 3 unspecified atom stereocenters. The van der Waals surface area contributed by atoms with Crippen LogP contribution in [0.5, 0.6) is 0 Å². The van der Waals surface area contributed by atoms with Crippen LogP contribution in [0.2, 0.25) is 0 Å². The molecule has 23 heavy (non-hydrogen) atoms. The minimum atomic E-state index is -0.156. The fourth-order valence-electron chi connectivity index (χ4n) is 3.82. The van der Waals surface area contributed by atoms with Gasteiger partial charge in [0.1, 0.15) is 5.50 Å². The van der Waals surface area contributed by atoms with Crippen molar-refractivity contribution in [2.24, 2.45) is 11.8 Å². The summed E-state index contributed by atoms with van der Waals surface area (Å²) in [6.45, 7) is 2.61. The standard InChI is InChI=1S/C19H27ClN2O/c1-21-12-10-16(11-13-21)19(23)22-14-17(8-5-9-18(22)20)15-6-3-2-4-7-15/h2-4,6,10,15,17-18H,5,7-9,11-14H2,1H3. The fraction of sp³-hybridized carbons (Fsp3) is 0.632. The first kappa shape index (κ1) is 16.8. The highest BCUT2D eigenvalue weighted by atomic mass is 35.5. The van der Waals surface area contributed by atoms with Crippen molar-refractivity contribution in [1.82, 2.24) is 9.80 Å². The number of rotatable bonds is 2. The molecule has 1 fully saturated rings. The monoisotopic (exact) mass is 334 g/mol. The van der Waals surface area contributed by atoms with Gasteiger partial charge in [-0.1, -0.05) is 42.0 Å². The van der Waals surface area contributed by atoms with E-state index < -0.39 is 0 Å². The molecule has 1 amide bonds. The molecule has 0 saturated carbocycles. The molecule has 0 aromatic rings. The van der Waals surface area contributed by atoms with E-state index in [9.17, 15) is 4.79 Å². The predicted molar refractivity (Wildman–Crippen MR) is 95.3 cm³/mol. The van der Waals surface area contributed by atoms with Crippen LogP contribution < -0.4 is 0 Å². The predicted octanol–water partition coefficient (Wildman–Crippen LogP) is 3.57. The molecule has 1 saturated heterocycles. The molecule has 3 atom stereocenters. The van der Waals surface area contributed by atoms with Crippen molar-refractivity contribution >= 4 is 17.5 Å². The molecule has 0 radical (unpaired) electrons. The number of hydrogen-bond acceptors (Lipinski definition) is 2. The summed E-state index contributed by atoms with van der Waals surface area (Å²) in [5.74, 6) is 1.24. The second-order valence-corrected chi connectivity index (χ2v) is 7.54. The molecule has 0 N–H and O–H groups in total. The Morgan fingerprint density at radius 2 is 2.17 bits per heavy atom. The summed E-state index contributed by atoms with van der Waals surface area (Å²) in [5, 5.41) is 0. The Kier molecular flexibility index (Phi) is 5.60. The van der Waals surface area contributed by atoms with Crippen molar-refractivity contribution in [3.05, 3.63) is 36.0 Å². The number of nitrogens with zero attached hydrogens (tertiary/aromatic N) is 2. The lowest BCUT2D eigenvalue weighted by atomic mass is 9.84. The van der Waals surface area contributed by atoms with Crippen molar-refractivity contribution in [3.8, 4) is 0 Å². The number of halogens is 1. The number of hydrogen-bond donors (Lipinski definition) is 0. The van der Waals surface area contributed by atoms with Gasteiger partial charge in [0.2, 0.25) is 0 Å². The Morgan fingerprint density at radius 1 is 1.30 bits per heavy atom. The van der Waals surface area contributed by atoms with Gasteiger partial charge in [0.25, 0.3) is 5.91 Å². The number of amides is 1. The first-order valence-corrected chi connectivity index (χ1v) is 9.24. The van der Waals surface area contributed by atoms with E-state index >= 15 is 0 Å². The average Bonchev–Trinajstić information content (AvgIpc) is 2.77. The van der Waals surface area contributed by atoms with Crippen LogP contribution in [0.4, 0.5) is 0 Å². The lowest BCUT2D eigenvalue weighted by Crippen LogP contribution is -2.42. The average molecular weight is 335 g/mol. The van der Waals surface area contributed by atoms with E-state index in [0.717, 1.165) is 57.3 Å². The van der Waals surface area contributed by atoms with Gasteiger partial charge < -0.3 is 9.80 Å². The molecule has 3 aliphatic rings. The highest BCUT2D eigenvalue weighted by Crippen LogP contribution is 2.33. The van der Waals surface area contributed by atoms with Crippen LogP contribution in [-0.4, -0.2) is 47.9 Å². The smallest absolute Gasteiger partial charge is 0.250 e. The summed E-state index contributed by atoms with van der Waals surface area (Å²) in [6, 6.07) is 0. The highest BCUT2D eigenvalue weighted by molar-refractivity contribution is 6.21. The van der Waals surface area contributed by atoms with Crippen LogP contribution in [-0.2, 0) is 4.79 Å². The maximum absolute atomic E-state index is 13.0. The maximum Gasteiger partial charge on any atom is 0.250 e. The molecule has 0 aromatic carbocycles. The first-order valence-electron chi connectivity index (χ1n) is 8.81. The first-order chi connectivity index (χ1) is 11.1. The number of likely N-dealkylation sites (tertiary alicyclic amines) is 1. The SMILES string of the molecule is CN1CC=C(C(=O)N2CC(C3C=CC=CC3)CCCC2Cl)CC1. The summed E-state index contributed by atoms with van der Waals surface area (Å²) >= 11 is 6.57. The Hall–Kier alpha value is -1.06. The van der Waals surface area contributed by atoms with E-state index in [1.165, 1.54) is 0 Å². The minimum absolute atomic E-state index is 0.156. The summed E-state index contributed by atoms with van der Waals surface area (Å²) in [7, 11) is 2.09. The number of carbonyl (C=O) groups excluding carboxylic acids is 1. The molecule has 126 valence electrons. The summed E-state index contributed by atoms with van der Waals surface area (Å²) in [4.78, 5) is 17.2. The van der Waals surface area contributed by atoms with Crippen LogP contribution in [0.15, 0.2) is 36.0 Å². The van der Waals surface area contributed by atoms with Gasteiger partial charge in [-0.2, -0.15) is 0 Å². The van der Waals surface area contributed by atoms with Crippen LogP contribution in [0.3, 0.4) is 0 Å². The Morgan fingerprint density at radius 3 is 2.87 bits per heavy atom. The van der Waals surface area contributed by atoms with Crippen molar-refractivity contribution < 1.29 is 4.79 Å². The zero-order valence-corrected chi connectivity index (χ0v) is 14.7. The third kappa shape index (κ3) is 4.07. The van der Waals surface area contributed by atoms with Gasteiger partial charge >= 0.3 is 0 Å². The Labute approximate surface area is 144 Å². The molecule has 2 heterocycles. The Balaban J connectivity index is 1.71. The zero-order valence-electron chi connectivity index (χ0n) is 14.0. The molecule has 1 aliphatic carbocycles. The molecular weight excluding hydrogens is 308 g/mol. The number of carbonyl (C=O) groups is 1. The van der Waals surface area contributed by atoms with E-state index in [-0.39, 0.29) is 11.4 Å². The van der Waals surface area contributed by atoms with Crippen molar-refractivity contribution in [1.29, 1.82) is 0 Å². The maximum atomic E-state index is 13.0. The Bertz CT molecular complexity index is 525. The van der Waals surface area contributed by atoms with E-state index in [2.05, 4.69) is 42.3 Å². The van der Waals surface area contributed by atoms with Crippen LogP contribution >= 0.6 is 11.6 Å². The molecule has 4 heteroatoms. The highest BCUT2D eigenvalue weighted by Gasteiger charge is 2.32. The van der Waals surface area contributed by atoms with Gasteiger partial charge in [-0.15, -0.1) is 0 Å². The largest absolute Gasteiger partial charge is 0.322 e. The molecule has 3 nitrogen and oxygen atoms in total. The van der Waals surface area contributed by atoms with Crippen molar-refractivity contribution in [3.63, 3.8) is 0 Å². The molecule has 0 bridgehead atoms. The molecule has 0 aromatic heterocycles. The lowest BCUT2D eigenvalue weighted by Gasteiger charge is -2.33. The number of allylic oxidation sites excluding steroid dienone is 4. The third-order valence-electron chi connectivity index (χ3n) is 5.35. The fourth-order valence-corrected chi connectivity index (χ4v) is 4.14. The molecular formula is C19H27ClN2O. The van der Waals surface area contributed by atoms with E-state index in [1.807, 2.05) is 4.90 Å². The molecule has 2 aliphatic heterocycles. The van der Waals surface area contributed by atoms with Gasteiger partial charge in [-0.25, -0.2) is 0 Å². The summed E-state index contributed by atoms with van der Waals surface area (Å²) < 4.78 is 0. The normalized spacial score (nSPS) is 32.5. The van der Waals surface area contributed by atoms with Gasteiger partial charge in [-0.05, 0) is 51.0 Å². The van der Waals surface area contributed by atoms with Gasteiger partial charge in [-0.3, -0.25) is 4.79 Å². The number of likely N-dealkylation sites (N-methyl/N-ethyl adjacent to an activating group) is 1. The van der Waals surface area contributed by atoms with Crippen molar-refractivity contribution in [2.75, 3.05) is 26.7 Å². The van der Waals surface area contributed by atoms with E-state index in [4.69, 9.17) is 11.6 Å². The van der Waals surface area contributed by atoms with Crippen LogP contribution in [0, 0.1) is 11.8 Å². The van der Waals surface area contributed by atoms with Gasteiger partial charge in [0.15, 0.2) is 0 Å². The lowest BCUT2D eigenvalue weighted by molar-refractivity contribution is -0.128. The number of alkyl halides is 1. The topological polar surface area (TPSA) is 23.6 Å². The second-order valence-electron chi connectivity index (χ2n) is 7.04. The minimum Gasteiger partial charge on any atom is -0.322 e.